The van der Waals surface area contributed by atoms with Crippen LogP contribution in [0.25, 0.3) is 0 Å². The Morgan fingerprint density at radius 1 is 1.45 bits per heavy atom. The lowest BCUT2D eigenvalue weighted by atomic mass is 10.1. The molecule has 2 fully saturated rings. The predicted molar refractivity (Wildman–Crippen MR) is 83.5 cm³/mol. The monoisotopic (exact) mass is 302 g/mol. The van der Waals surface area contributed by atoms with E-state index in [1.54, 1.807) is 0 Å². The lowest BCUT2D eigenvalue weighted by molar-refractivity contribution is -0.141. The van der Waals surface area contributed by atoms with Gasteiger partial charge in [0.25, 0.3) is 0 Å². The number of nitrogens with one attached hydrogen (secondary N) is 2. The molecule has 4 rings (SSSR count). The Morgan fingerprint density at radius 2 is 2.41 bits per heavy atom. The van der Waals surface area contributed by atoms with Crippen molar-refractivity contribution in [3.05, 3.63) is 23.4 Å². The minimum absolute atomic E-state index is 0.00589. The van der Waals surface area contributed by atoms with Gasteiger partial charge in [-0.05, 0) is 37.5 Å². The highest BCUT2D eigenvalue weighted by molar-refractivity contribution is 5.83. The maximum Gasteiger partial charge on any atom is 0.239 e. The Morgan fingerprint density at radius 3 is 3.27 bits per heavy atom. The first-order valence-corrected chi connectivity index (χ1v) is 8.14. The third-order valence-electron chi connectivity index (χ3n) is 4.78. The summed E-state index contributed by atoms with van der Waals surface area (Å²) in [5.41, 5.74) is 2.37. The van der Waals surface area contributed by atoms with Gasteiger partial charge in [0.1, 0.15) is 12.3 Å². The van der Waals surface area contributed by atoms with Gasteiger partial charge in [-0.3, -0.25) is 9.79 Å². The van der Waals surface area contributed by atoms with Crippen LogP contribution < -0.4 is 10.6 Å². The number of carbonyl (C=O) groups excluding carboxylic acids is 1. The highest BCUT2D eigenvalue weighted by Crippen LogP contribution is 2.22. The highest BCUT2D eigenvalue weighted by Gasteiger charge is 2.35. The van der Waals surface area contributed by atoms with Crippen LogP contribution in [0.4, 0.5) is 0 Å². The van der Waals surface area contributed by atoms with E-state index in [-0.39, 0.29) is 24.2 Å². The first-order valence-electron chi connectivity index (χ1n) is 8.14. The first-order chi connectivity index (χ1) is 10.8. The molecular formula is C16H22N4O2. The molecule has 0 bridgehead atoms. The van der Waals surface area contributed by atoms with Crippen molar-refractivity contribution in [3.63, 3.8) is 0 Å². The maximum atomic E-state index is 12.5. The Balaban J connectivity index is 1.40. The molecule has 0 spiro atoms. The molecule has 0 saturated carbocycles. The Labute approximate surface area is 130 Å². The molecule has 6 heteroatoms. The second-order valence-electron chi connectivity index (χ2n) is 6.26. The molecule has 2 saturated heterocycles. The number of morpholine rings is 1. The topological polar surface area (TPSA) is 66.0 Å². The van der Waals surface area contributed by atoms with Crippen molar-refractivity contribution in [1.29, 1.82) is 0 Å². The van der Waals surface area contributed by atoms with Gasteiger partial charge >= 0.3 is 0 Å². The second kappa shape index (κ2) is 5.85. The van der Waals surface area contributed by atoms with Crippen molar-refractivity contribution in [2.75, 3.05) is 26.2 Å². The van der Waals surface area contributed by atoms with Crippen molar-refractivity contribution in [3.8, 4) is 0 Å². The molecule has 6 nitrogen and oxygen atoms in total. The van der Waals surface area contributed by atoms with Gasteiger partial charge in [-0.15, -0.1) is 0 Å². The van der Waals surface area contributed by atoms with Crippen molar-refractivity contribution < 1.29 is 9.53 Å². The normalized spacial score (nSPS) is 34.0. The standard InChI is InChI=1S/C16H22N4O2/c21-16(13-5-2-6-17-13)20-7-8-22-14(10-20)15-18-9-11-3-1-4-12(11)19-15/h1,4,9,13-15,17,19H,2-3,5-8,10H2. The van der Waals surface area contributed by atoms with Crippen molar-refractivity contribution >= 4 is 12.1 Å². The molecule has 3 unspecified atom stereocenters. The molecule has 118 valence electrons. The number of ether oxygens (including phenoxy) is 1. The second-order valence-corrected chi connectivity index (χ2v) is 6.26. The number of carbonyl (C=O) groups is 1. The van der Waals surface area contributed by atoms with E-state index in [1.165, 1.54) is 5.57 Å². The smallest absolute Gasteiger partial charge is 0.239 e. The van der Waals surface area contributed by atoms with Crippen LogP contribution >= 0.6 is 0 Å². The molecule has 0 radical (unpaired) electrons. The fourth-order valence-electron chi connectivity index (χ4n) is 3.52. The predicted octanol–water partition coefficient (Wildman–Crippen LogP) is 0.180. The van der Waals surface area contributed by atoms with Crippen LogP contribution in [-0.4, -0.2) is 61.6 Å². The lowest BCUT2D eigenvalue weighted by Crippen LogP contribution is -2.56. The Kier molecular flexibility index (Phi) is 3.72. The van der Waals surface area contributed by atoms with Crippen LogP contribution in [0.15, 0.2) is 28.4 Å². The zero-order valence-electron chi connectivity index (χ0n) is 12.6. The van der Waals surface area contributed by atoms with Gasteiger partial charge in [-0.2, -0.15) is 0 Å². The summed E-state index contributed by atoms with van der Waals surface area (Å²) in [6, 6.07) is -0.00589. The van der Waals surface area contributed by atoms with Crippen LogP contribution in [0, 0.1) is 0 Å². The largest absolute Gasteiger partial charge is 0.370 e. The van der Waals surface area contributed by atoms with Gasteiger partial charge < -0.3 is 20.3 Å². The number of rotatable bonds is 2. The molecule has 3 heterocycles. The van der Waals surface area contributed by atoms with E-state index < -0.39 is 0 Å². The van der Waals surface area contributed by atoms with Crippen LogP contribution in [0.5, 0.6) is 0 Å². The quantitative estimate of drug-likeness (QED) is 0.764. The van der Waals surface area contributed by atoms with Crippen molar-refractivity contribution in [2.24, 2.45) is 4.99 Å². The van der Waals surface area contributed by atoms with Crippen LogP contribution in [-0.2, 0) is 9.53 Å². The molecule has 2 N–H and O–H groups in total. The summed E-state index contributed by atoms with van der Waals surface area (Å²) in [6.07, 6.45) is 8.97. The molecule has 4 aliphatic rings. The average molecular weight is 302 g/mol. The molecule has 3 aliphatic heterocycles. The highest BCUT2D eigenvalue weighted by atomic mass is 16.5. The summed E-state index contributed by atoms with van der Waals surface area (Å²) in [5, 5.41) is 6.71. The lowest BCUT2D eigenvalue weighted by Gasteiger charge is -2.38. The fraction of sp³-hybridized carbons (Fsp3) is 0.625. The van der Waals surface area contributed by atoms with Gasteiger partial charge in [-0.25, -0.2) is 0 Å². The number of nitrogens with zero attached hydrogens (tertiary/aromatic N) is 2. The third-order valence-corrected chi connectivity index (χ3v) is 4.78. The van der Waals surface area contributed by atoms with E-state index in [2.05, 4.69) is 27.8 Å². The molecule has 0 aromatic rings. The number of aliphatic imine (C=N–C) groups is 1. The molecule has 3 atom stereocenters. The summed E-state index contributed by atoms with van der Waals surface area (Å²) in [5.74, 6) is 0.214. The number of hydrogen-bond acceptors (Lipinski definition) is 5. The molecular weight excluding hydrogens is 280 g/mol. The molecule has 1 aliphatic carbocycles. The summed E-state index contributed by atoms with van der Waals surface area (Å²) < 4.78 is 5.87. The van der Waals surface area contributed by atoms with Gasteiger partial charge in [0, 0.05) is 18.5 Å². The Hall–Kier alpha value is -1.66. The molecule has 22 heavy (non-hydrogen) atoms. The number of amides is 1. The van der Waals surface area contributed by atoms with Gasteiger partial charge in [0.2, 0.25) is 5.91 Å². The summed E-state index contributed by atoms with van der Waals surface area (Å²) in [4.78, 5) is 19.0. The number of hydrogen-bond donors (Lipinski definition) is 2. The van der Waals surface area contributed by atoms with E-state index in [4.69, 9.17) is 4.74 Å². The van der Waals surface area contributed by atoms with Gasteiger partial charge in [0.05, 0.1) is 19.2 Å². The van der Waals surface area contributed by atoms with Crippen molar-refractivity contribution in [2.45, 2.75) is 37.6 Å². The molecule has 1 amide bonds. The zero-order valence-corrected chi connectivity index (χ0v) is 12.6. The van der Waals surface area contributed by atoms with E-state index in [0.29, 0.717) is 19.7 Å². The average Bonchev–Trinajstić information content (AvgIpc) is 3.25. The van der Waals surface area contributed by atoms with E-state index >= 15 is 0 Å². The van der Waals surface area contributed by atoms with Crippen LogP contribution in [0.3, 0.4) is 0 Å². The third kappa shape index (κ3) is 2.57. The minimum Gasteiger partial charge on any atom is -0.370 e. The van der Waals surface area contributed by atoms with Crippen LogP contribution in [0.1, 0.15) is 19.3 Å². The van der Waals surface area contributed by atoms with E-state index in [1.807, 2.05) is 11.1 Å². The first kappa shape index (κ1) is 14.0. The fourth-order valence-corrected chi connectivity index (χ4v) is 3.52. The molecule has 0 aromatic carbocycles. The van der Waals surface area contributed by atoms with Gasteiger partial charge in [0.15, 0.2) is 0 Å². The van der Waals surface area contributed by atoms with E-state index in [9.17, 15) is 4.79 Å². The van der Waals surface area contributed by atoms with Gasteiger partial charge in [-0.1, -0.05) is 6.08 Å². The van der Waals surface area contributed by atoms with E-state index in [0.717, 1.165) is 31.5 Å². The van der Waals surface area contributed by atoms with Crippen LogP contribution in [0.2, 0.25) is 0 Å². The zero-order chi connectivity index (χ0) is 14.9. The summed E-state index contributed by atoms with van der Waals surface area (Å²) >= 11 is 0. The summed E-state index contributed by atoms with van der Waals surface area (Å²) in [7, 11) is 0. The Bertz CT molecular complexity index is 548. The molecule has 0 aromatic heterocycles. The SMILES string of the molecule is O=C(C1CCCN1)N1CCOC(C2N=CC3=C(C=CC3)N2)C1. The minimum atomic E-state index is -0.103. The van der Waals surface area contributed by atoms with Crippen molar-refractivity contribution in [1.82, 2.24) is 15.5 Å². The maximum absolute atomic E-state index is 12.5. The summed E-state index contributed by atoms with van der Waals surface area (Å²) in [6.45, 7) is 2.82. The number of allylic oxidation sites excluding steroid dienone is 3.